The van der Waals surface area contributed by atoms with Crippen molar-refractivity contribution in [2.24, 2.45) is 0 Å². The Morgan fingerprint density at radius 2 is 0.306 bits per heavy atom. The smallest absolute Gasteiger partial charge is 0.0169 e. The second kappa shape index (κ2) is 29.7. The molecule has 1 aromatic carbocycles. The molecule has 0 unspecified atom stereocenters. The Kier molecular flexibility index (Phi) is 26.8. The van der Waals surface area contributed by atoms with E-state index in [0.29, 0.717) is 0 Å². The molecule has 0 heteroatoms. The minimum Gasteiger partial charge on any atom is -0.0844 e. The molecule has 0 bridgehead atoms. The molecular formula is C36H60. The molecule has 7 aliphatic carbocycles. The molecule has 0 aromatic heterocycles. The van der Waals surface area contributed by atoms with Gasteiger partial charge in [0.25, 0.3) is 0 Å². The van der Waals surface area contributed by atoms with E-state index >= 15 is 0 Å². The van der Waals surface area contributed by atoms with Crippen LogP contribution in [0.1, 0.15) is 154 Å². The molecule has 0 atom stereocenters. The van der Waals surface area contributed by atoms with Crippen molar-refractivity contribution in [3.8, 4) is 0 Å². The van der Waals surface area contributed by atoms with Crippen molar-refractivity contribution in [3.05, 3.63) is 72.9 Å². The van der Waals surface area contributed by atoms with Crippen LogP contribution in [0.4, 0.5) is 0 Å². The molecule has 8 rings (SSSR count). The molecule has 0 radical (unpaired) electrons. The lowest BCUT2D eigenvalue weighted by Crippen LogP contribution is -1.85. The molecule has 0 amide bonds. The zero-order valence-corrected chi connectivity index (χ0v) is 23.9. The van der Waals surface area contributed by atoms with E-state index in [-0.39, 0.29) is 0 Å². The van der Waals surface area contributed by atoms with Crippen molar-refractivity contribution in [3.63, 3.8) is 0 Å². The van der Waals surface area contributed by atoms with Crippen LogP contribution < -0.4 is 0 Å². The summed E-state index contributed by atoms with van der Waals surface area (Å²) in [4.78, 5) is 0. The second-order valence-electron chi connectivity index (χ2n) is 10.8. The summed E-state index contributed by atoms with van der Waals surface area (Å²) in [5, 5.41) is 0. The fourth-order valence-corrected chi connectivity index (χ4v) is 3.57. The normalized spacial score (nSPS) is 20.0. The number of allylic oxidation sites excluding steroid dienone is 6. The zero-order valence-electron chi connectivity index (χ0n) is 23.9. The summed E-state index contributed by atoms with van der Waals surface area (Å²) in [6.45, 7) is 0. The average molecular weight is 493 g/mol. The maximum Gasteiger partial charge on any atom is -0.0169 e. The minimum absolute atomic E-state index is 1.25. The monoisotopic (exact) mass is 492 g/mol. The first-order valence-electron chi connectivity index (χ1n) is 16.0. The van der Waals surface area contributed by atoms with Crippen LogP contribution in [-0.4, -0.2) is 0 Å². The van der Waals surface area contributed by atoms with Gasteiger partial charge in [-0.3, -0.25) is 0 Å². The predicted molar refractivity (Wildman–Crippen MR) is 165 cm³/mol. The van der Waals surface area contributed by atoms with Gasteiger partial charge in [0.15, 0.2) is 0 Å². The second-order valence-corrected chi connectivity index (χ2v) is 10.8. The lowest BCUT2D eigenvalue weighted by atomic mass is 10.0. The van der Waals surface area contributed by atoms with Crippen LogP contribution in [0.3, 0.4) is 0 Å². The molecule has 36 heavy (non-hydrogen) atoms. The Hall–Kier alpha value is -1.56. The van der Waals surface area contributed by atoms with Crippen LogP contribution in [0.15, 0.2) is 72.9 Å². The molecule has 0 saturated heterocycles. The van der Waals surface area contributed by atoms with E-state index in [9.17, 15) is 0 Å². The highest BCUT2D eigenvalue weighted by Gasteiger charge is 1.97. The van der Waals surface area contributed by atoms with E-state index in [0.717, 1.165) is 0 Å². The first-order chi connectivity index (χ1) is 18.0. The van der Waals surface area contributed by atoms with Gasteiger partial charge in [-0.1, -0.05) is 221 Å². The maximum atomic E-state index is 2.12. The quantitative estimate of drug-likeness (QED) is 0.316. The molecule has 5 fully saturated rings. The Bertz CT molecular complexity index is 484. The Morgan fingerprint density at radius 3 is 0.361 bits per heavy atom. The number of hydrogen-bond donors (Lipinski definition) is 0. The summed E-state index contributed by atoms with van der Waals surface area (Å²) in [5.41, 5.74) is 0. The SMILES string of the molecule is C1=CC1.C1=CC=C1.C1CC1.C1CCC1.C1CCCC1.C1CCCC1.C1CCCCC1.c1ccccc1. The molecule has 0 heterocycles. The van der Waals surface area contributed by atoms with E-state index in [1.807, 2.05) is 60.7 Å². The molecule has 0 N–H and O–H groups in total. The molecular weight excluding hydrogens is 432 g/mol. The summed E-state index contributed by atoms with van der Waals surface area (Å²) < 4.78 is 0. The number of benzene rings is 1. The molecule has 7 aliphatic rings. The van der Waals surface area contributed by atoms with Gasteiger partial charge in [0.2, 0.25) is 0 Å². The van der Waals surface area contributed by atoms with Crippen molar-refractivity contribution in [1.29, 1.82) is 0 Å². The maximum absolute atomic E-state index is 2.12. The van der Waals surface area contributed by atoms with Crippen molar-refractivity contribution in [1.82, 2.24) is 0 Å². The van der Waals surface area contributed by atoms with E-state index in [4.69, 9.17) is 0 Å². The van der Waals surface area contributed by atoms with Gasteiger partial charge in [-0.2, -0.15) is 0 Å². The molecule has 0 nitrogen and oxygen atoms in total. The zero-order chi connectivity index (χ0) is 25.5. The van der Waals surface area contributed by atoms with Crippen molar-refractivity contribution in [2.75, 3.05) is 0 Å². The van der Waals surface area contributed by atoms with Gasteiger partial charge in [-0.15, -0.1) is 0 Å². The lowest BCUT2D eigenvalue weighted by molar-refractivity contribution is 0.504. The third kappa shape index (κ3) is 34.6. The summed E-state index contributed by atoms with van der Waals surface area (Å²) in [5.74, 6) is 0. The van der Waals surface area contributed by atoms with Crippen LogP contribution in [0, 0.1) is 0 Å². The fourth-order valence-electron chi connectivity index (χ4n) is 3.57. The molecule has 0 aliphatic heterocycles. The van der Waals surface area contributed by atoms with Gasteiger partial charge >= 0.3 is 0 Å². The van der Waals surface area contributed by atoms with Crippen molar-refractivity contribution < 1.29 is 0 Å². The molecule has 0 spiro atoms. The first-order valence-corrected chi connectivity index (χ1v) is 16.0. The van der Waals surface area contributed by atoms with Gasteiger partial charge in [0, 0.05) is 0 Å². The van der Waals surface area contributed by atoms with Crippen LogP contribution in [0.5, 0.6) is 0 Å². The summed E-state index contributed by atoms with van der Waals surface area (Å²) in [6.07, 6.45) is 48.0. The van der Waals surface area contributed by atoms with Crippen LogP contribution >= 0.6 is 0 Å². The Morgan fingerprint density at radius 1 is 0.194 bits per heavy atom. The fraction of sp³-hybridized carbons (Fsp3) is 0.667. The number of rotatable bonds is 0. The highest BCUT2D eigenvalue weighted by Crippen LogP contribution is 2.17. The van der Waals surface area contributed by atoms with Crippen LogP contribution in [-0.2, 0) is 0 Å². The van der Waals surface area contributed by atoms with E-state index in [1.165, 1.54) is 154 Å². The van der Waals surface area contributed by atoms with Gasteiger partial charge in [0.05, 0.1) is 0 Å². The highest BCUT2D eigenvalue weighted by molar-refractivity contribution is 5.22. The largest absolute Gasteiger partial charge is 0.0844 e. The van der Waals surface area contributed by atoms with Gasteiger partial charge in [0.1, 0.15) is 0 Å². The van der Waals surface area contributed by atoms with Crippen LogP contribution in [0.25, 0.3) is 0 Å². The predicted octanol–water partition coefficient (Wildman–Crippen LogP) is 12.7. The summed E-state index contributed by atoms with van der Waals surface area (Å²) >= 11 is 0. The van der Waals surface area contributed by atoms with E-state index in [1.54, 1.807) is 0 Å². The minimum atomic E-state index is 1.25. The van der Waals surface area contributed by atoms with Crippen LogP contribution in [0.2, 0.25) is 0 Å². The van der Waals surface area contributed by atoms with Gasteiger partial charge in [-0.25, -0.2) is 0 Å². The first kappa shape index (κ1) is 32.5. The number of hydrogen-bond acceptors (Lipinski definition) is 0. The summed E-state index contributed by atoms with van der Waals surface area (Å²) in [6, 6.07) is 12.0. The topological polar surface area (TPSA) is 0 Å². The molecule has 204 valence electrons. The van der Waals surface area contributed by atoms with Gasteiger partial charge < -0.3 is 0 Å². The van der Waals surface area contributed by atoms with E-state index in [2.05, 4.69) is 12.2 Å². The van der Waals surface area contributed by atoms with Crippen molar-refractivity contribution >= 4 is 0 Å². The summed E-state index contributed by atoms with van der Waals surface area (Å²) in [7, 11) is 0. The third-order valence-corrected chi connectivity index (χ3v) is 6.70. The van der Waals surface area contributed by atoms with Crippen molar-refractivity contribution in [2.45, 2.75) is 154 Å². The lowest BCUT2D eigenvalue weighted by Gasteiger charge is -2.05. The third-order valence-electron chi connectivity index (χ3n) is 6.70. The average Bonchev–Trinajstić information content (AvgIpc) is 3.83. The van der Waals surface area contributed by atoms with Gasteiger partial charge in [-0.05, 0) is 6.42 Å². The molecule has 5 saturated carbocycles. The van der Waals surface area contributed by atoms with E-state index < -0.39 is 0 Å². The Labute approximate surface area is 226 Å². The standard InChI is InChI=1S/C6H12.C6H6.2C5H10.C4H8.C4H4.C3H6.C3H4/c2*1-2-4-6-5-3-1;2*1-2-4-5-3-1;2*1-2-4-3-1;2*1-2-3-1/h1-6H2;1-6H;2*1-5H2;1-4H2;1-4H;1-3H2;1-2H,3H2. The molecule has 1 aromatic rings. The Balaban J connectivity index is 0.000000208. The highest BCUT2D eigenvalue weighted by atomic mass is 14.0.